The van der Waals surface area contributed by atoms with Crippen molar-refractivity contribution in [1.29, 1.82) is 0 Å². The molecule has 0 saturated heterocycles. The lowest BCUT2D eigenvalue weighted by atomic mass is 9.80. The Labute approximate surface area is 117 Å². The van der Waals surface area contributed by atoms with Gasteiger partial charge in [-0.3, -0.25) is 0 Å². The summed E-state index contributed by atoms with van der Waals surface area (Å²) in [4.78, 5) is 0. The van der Waals surface area contributed by atoms with E-state index in [2.05, 4.69) is 28.2 Å². The molecule has 18 heavy (non-hydrogen) atoms. The second kappa shape index (κ2) is 6.67. The summed E-state index contributed by atoms with van der Waals surface area (Å²) in [5, 5.41) is 3.47. The Hall–Kier alpha value is -0.410. The lowest BCUT2D eigenvalue weighted by molar-refractivity contribution is 0.247. The van der Waals surface area contributed by atoms with Crippen molar-refractivity contribution in [2.75, 3.05) is 6.54 Å². The maximum Gasteiger partial charge on any atom is 0.123 e. The summed E-state index contributed by atoms with van der Waals surface area (Å²) >= 11 is 3.46. The fraction of sp³-hybridized carbons (Fsp3) is 0.600. The van der Waals surface area contributed by atoms with E-state index in [-0.39, 0.29) is 5.82 Å². The molecule has 1 aliphatic carbocycles. The van der Waals surface area contributed by atoms with Crippen molar-refractivity contribution in [3.05, 3.63) is 34.1 Å². The van der Waals surface area contributed by atoms with Crippen LogP contribution in [0.2, 0.25) is 0 Å². The van der Waals surface area contributed by atoms with E-state index < -0.39 is 0 Å². The van der Waals surface area contributed by atoms with Crippen molar-refractivity contribution >= 4 is 15.9 Å². The van der Waals surface area contributed by atoms with Crippen molar-refractivity contribution in [2.45, 2.75) is 39.2 Å². The molecule has 1 fully saturated rings. The largest absolute Gasteiger partial charge is 0.312 e. The van der Waals surface area contributed by atoms with E-state index in [1.54, 1.807) is 12.1 Å². The van der Waals surface area contributed by atoms with Gasteiger partial charge in [0.1, 0.15) is 5.82 Å². The van der Waals surface area contributed by atoms with Crippen LogP contribution in [0.5, 0.6) is 0 Å². The van der Waals surface area contributed by atoms with Crippen LogP contribution in [0, 0.1) is 17.7 Å². The molecule has 1 aromatic rings. The van der Waals surface area contributed by atoms with Gasteiger partial charge in [-0.1, -0.05) is 42.1 Å². The first kappa shape index (κ1) is 14.0. The van der Waals surface area contributed by atoms with Crippen LogP contribution >= 0.6 is 15.9 Å². The second-order valence-corrected chi connectivity index (χ2v) is 6.24. The van der Waals surface area contributed by atoms with Gasteiger partial charge in [-0.2, -0.15) is 0 Å². The standard InChI is InChI=1S/C15H21BrFN/c1-11-4-2-3-5-12(11)9-18-10-13-8-14(17)6-7-15(13)16/h6-8,11-12,18H,2-5,9-10H2,1H3. The normalized spacial score (nSPS) is 24.2. The van der Waals surface area contributed by atoms with Crippen molar-refractivity contribution in [2.24, 2.45) is 11.8 Å². The molecular weight excluding hydrogens is 293 g/mol. The third kappa shape index (κ3) is 3.79. The van der Waals surface area contributed by atoms with E-state index in [0.29, 0.717) is 0 Å². The topological polar surface area (TPSA) is 12.0 Å². The molecule has 2 rings (SSSR count). The molecule has 1 N–H and O–H groups in total. The second-order valence-electron chi connectivity index (χ2n) is 5.39. The zero-order valence-corrected chi connectivity index (χ0v) is 12.5. The zero-order chi connectivity index (χ0) is 13.0. The predicted molar refractivity (Wildman–Crippen MR) is 76.9 cm³/mol. The molecule has 0 aromatic heterocycles. The number of hydrogen-bond acceptors (Lipinski definition) is 1. The number of nitrogens with one attached hydrogen (secondary N) is 1. The van der Waals surface area contributed by atoms with Crippen LogP contribution in [0.3, 0.4) is 0 Å². The van der Waals surface area contributed by atoms with Crippen molar-refractivity contribution in [3.8, 4) is 0 Å². The van der Waals surface area contributed by atoms with Gasteiger partial charge in [-0.25, -0.2) is 4.39 Å². The van der Waals surface area contributed by atoms with Gasteiger partial charge in [0.15, 0.2) is 0 Å². The Morgan fingerprint density at radius 3 is 2.89 bits per heavy atom. The van der Waals surface area contributed by atoms with E-state index in [1.807, 2.05) is 0 Å². The van der Waals surface area contributed by atoms with Gasteiger partial charge in [-0.05, 0) is 48.6 Å². The third-order valence-corrected chi connectivity index (χ3v) is 4.79. The zero-order valence-electron chi connectivity index (χ0n) is 10.9. The van der Waals surface area contributed by atoms with Crippen LogP contribution < -0.4 is 5.32 Å². The summed E-state index contributed by atoms with van der Waals surface area (Å²) in [6, 6.07) is 4.85. The van der Waals surface area contributed by atoms with Crippen LogP contribution in [0.1, 0.15) is 38.2 Å². The number of benzene rings is 1. The molecule has 3 heteroatoms. The minimum atomic E-state index is -0.166. The van der Waals surface area contributed by atoms with Gasteiger partial charge >= 0.3 is 0 Å². The van der Waals surface area contributed by atoms with E-state index in [1.165, 1.54) is 31.7 Å². The predicted octanol–water partition coefficient (Wildman–Crippen LogP) is 4.50. The van der Waals surface area contributed by atoms with E-state index in [4.69, 9.17) is 0 Å². The summed E-state index contributed by atoms with van der Waals surface area (Å²) in [7, 11) is 0. The van der Waals surface area contributed by atoms with Crippen molar-refractivity contribution in [1.82, 2.24) is 5.32 Å². The molecule has 2 atom stereocenters. The molecule has 1 aromatic carbocycles. The molecule has 2 unspecified atom stereocenters. The molecule has 1 nitrogen and oxygen atoms in total. The Morgan fingerprint density at radius 1 is 1.33 bits per heavy atom. The van der Waals surface area contributed by atoms with Crippen molar-refractivity contribution < 1.29 is 4.39 Å². The highest BCUT2D eigenvalue weighted by atomic mass is 79.9. The fourth-order valence-electron chi connectivity index (χ4n) is 2.77. The van der Waals surface area contributed by atoms with Gasteiger partial charge in [0, 0.05) is 11.0 Å². The van der Waals surface area contributed by atoms with Crippen LogP contribution in [0.4, 0.5) is 4.39 Å². The highest BCUT2D eigenvalue weighted by molar-refractivity contribution is 9.10. The lowest BCUT2D eigenvalue weighted by Gasteiger charge is -2.29. The van der Waals surface area contributed by atoms with Gasteiger partial charge in [0.25, 0.3) is 0 Å². The molecule has 0 aliphatic heterocycles. The summed E-state index contributed by atoms with van der Waals surface area (Å²) in [5.74, 6) is 1.44. The monoisotopic (exact) mass is 313 g/mol. The van der Waals surface area contributed by atoms with Gasteiger partial charge in [0.05, 0.1) is 0 Å². The van der Waals surface area contributed by atoms with Crippen LogP contribution in [0.25, 0.3) is 0 Å². The summed E-state index contributed by atoms with van der Waals surface area (Å²) in [6.07, 6.45) is 5.43. The lowest BCUT2D eigenvalue weighted by Crippen LogP contribution is -2.29. The molecule has 1 aliphatic rings. The maximum atomic E-state index is 13.1. The van der Waals surface area contributed by atoms with Gasteiger partial charge < -0.3 is 5.32 Å². The first-order valence-corrected chi connectivity index (χ1v) is 7.61. The van der Waals surface area contributed by atoms with Crippen LogP contribution in [-0.2, 0) is 6.54 Å². The Morgan fingerprint density at radius 2 is 2.11 bits per heavy atom. The Kier molecular flexibility index (Phi) is 5.19. The molecule has 0 bridgehead atoms. The van der Waals surface area contributed by atoms with E-state index >= 15 is 0 Å². The van der Waals surface area contributed by atoms with Gasteiger partial charge in [-0.15, -0.1) is 0 Å². The number of rotatable bonds is 4. The molecule has 0 heterocycles. The molecule has 100 valence electrons. The minimum Gasteiger partial charge on any atom is -0.312 e. The molecular formula is C15H21BrFN. The van der Waals surface area contributed by atoms with E-state index in [0.717, 1.165) is 35.0 Å². The average Bonchev–Trinajstić information content (AvgIpc) is 2.36. The molecule has 1 saturated carbocycles. The Balaban J connectivity index is 1.82. The van der Waals surface area contributed by atoms with E-state index in [9.17, 15) is 4.39 Å². The average molecular weight is 314 g/mol. The van der Waals surface area contributed by atoms with Crippen molar-refractivity contribution in [3.63, 3.8) is 0 Å². The quantitative estimate of drug-likeness (QED) is 0.862. The smallest absolute Gasteiger partial charge is 0.123 e. The maximum absolute atomic E-state index is 13.1. The fourth-order valence-corrected chi connectivity index (χ4v) is 3.15. The first-order valence-electron chi connectivity index (χ1n) is 6.81. The highest BCUT2D eigenvalue weighted by Crippen LogP contribution is 2.29. The Bertz CT molecular complexity index is 394. The number of hydrogen-bond donors (Lipinski definition) is 1. The first-order chi connectivity index (χ1) is 8.66. The summed E-state index contributed by atoms with van der Waals surface area (Å²) in [5.41, 5.74) is 0.999. The number of halogens is 2. The third-order valence-electron chi connectivity index (χ3n) is 4.02. The summed E-state index contributed by atoms with van der Waals surface area (Å²) < 4.78 is 14.1. The molecule has 0 amide bonds. The van der Waals surface area contributed by atoms with Crippen LogP contribution in [0.15, 0.2) is 22.7 Å². The SMILES string of the molecule is CC1CCCCC1CNCc1cc(F)ccc1Br. The summed E-state index contributed by atoms with van der Waals surface area (Å²) in [6.45, 7) is 4.13. The van der Waals surface area contributed by atoms with Crippen LogP contribution in [-0.4, -0.2) is 6.54 Å². The van der Waals surface area contributed by atoms with Gasteiger partial charge in [0.2, 0.25) is 0 Å². The minimum absolute atomic E-state index is 0.166. The highest BCUT2D eigenvalue weighted by Gasteiger charge is 2.20. The molecule has 0 spiro atoms. The molecule has 0 radical (unpaired) electrons.